The number of ether oxygens (including phenoxy) is 1. The lowest BCUT2D eigenvalue weighted by Gasteiger charge is -2.25. The standard InChI is InChI=1S/C20H17BrN2O2S/c1-25-16-8-4-14(5-9-16)17-10-19(24)23-20(18(17)11-22)26-12-13-2-6-15(21)7-3-13/h2-9,17H,10,12H2,1H3,(H,23,24)/t17-/m1/s1. The van der Waals surface area contributed by atoms with E-state index in [0.29, 0.717) is 16.4 Å². The SMILES string of the molecule is COc1ccc([C@H]2CC(=O)NC(SCc3ccc(Br)cc3)=C2C#N)cc1. The largest absolute Gasteiger partial charge is 0.497 e. The highest BCUT2D eigenvalue weighted by atomic mass is 79.9. The second-order valence-electron chi connectivity index (χ2n) is 5.85. The number of nitrogens with one attached hydrogen (secondary N) is 1. The van der Waals surface area contributed by atoms with E-state index in [1.54, 1.807) is 7.11 Å². The van der Waals surface area contributed by atoms with E-state index < -0.39 is 0 Å². The number of carbonyl (C=O) groups is 1. The molecule has 4 nitrogen and oxygen atoms in total. The molecule has 26 heavy (non-hydrogen) atoms. The van der Waals surface area contributed by atoms with Gasteiger partial charge in [0.1, 0.15) is 5.75 Å². The molecule has 0 aliphatic carbocycles. The molecule has 0 radical (unpaired) electrons. The Morgan fingerprint density at radius 2 is 1.92 bits per heavy atom. The number of allylic oxidation sites excluding steroid dienone is 1. The van der Waals surface area contributed by atoms with Crippen LogP contribution in [0.2, 0.25) is 0 Å². The van der Waals surface area contributed by atoms with Gasteiger partial charge in [0.25, 0.3) is 0 Å². The minimum atomic E-state index is -0.230. The Hall–Kier alpha value is -2.23. The molecule has 3 rings (SSSR count). The van der Waals surface area contributed by atoms with Crippen molar-refractivity contribution in [3.63, 3.8) is 0 Å². The number of hydrogen-bond donors (Lipinski definition) is 1. The molecule has 0 bridgehead atoms. The van der Waals surface area contributed by atoms with Crippen molar-refractivity contribution in [1.82, 2.24) is 5.32 Å². The van der Waals surface area contributed by atoms with Gasteiger partial charge in [0.2, 0.25) is 5.91 Å². The molecular weight excluding hydrogens is 412 g/mol. The monoisotopic (exact) mass is 428 g/mol. The summed E-state index contributed by atoms with van der Waals surface area (Å²) >= 11 is 4.90. The fraction of sp³-hybridized carbons (Fsp3) is 0.200. The second kappa shape index (κ2) is 8.43. The minimum absolute atomic E-state index is 0.0666. The first-order valence-corrected chi connectivity index (χ1v) is 9.84. The fourth-order valence-corrected chi connectivity index (χ4v) is 4.09. The first-order chi connectivity index (χ1) is 12.6. The molecule has 1 amide bonds. The van der Waals surface area contributed by atoms with Gasteiger partial charge in [-0.2, -0.15) is 5.26 Å². The Kier molecular flexibility index (Phi) is 6.02. The first kappa shape index (κ1) is 18.6. The van der Waals surface area contributed by atoms with E-state index in [9.17, 15) is 10.1 Å². The highest BCUT2D eigenvalue weighted by Gasteiger charge is 2.29. The average molecular weight is 429 g/mol. The summed E-state index contributed by atoms with van der Waals surface area (Å²) in [6.07, 6.45) is 0.275. The highest BCUT2D eigenvalue weighted by molar-refractivity contribution is 9.10. The van der Waals surface area contributed by atoms with Crippen LogP contribution >= 0.6 is 27.7 Å². The molecule has 0 aromatic heterocycles. The fourth-order valence-electron chi connectivity index (χ4n) is 2.79. The molecule has 2 aromatic rings. The van der Waals surface area contributed by atoms with Crippen LogP contribution in [-0.2, 0) is 10.5 Å². The Bertz CT molecular complexity index is 870. The van der Waals surface area contributed by atoms with Gasteiger partial charge in [-0.25, -0.2) is 0 Å². The van der Waals surface area contributed by atoms with Crippen LogP contribution in [0.4, 0.5) is 0 Å². The van der Waals surface area contributed by atoms with Crippen LogP contribution in [0.3, 0.4) is 0 Å². The smallest absolute Gasteiger partial charge is 0.225 e. The summed E-state index contributed by atoms with van der Waals surface area (Å²) < 4.78 is 6.21. The molecule has 6 heteroatoms. The number of benzene rings is 2. The molecule has 0 saturated heterocycles. The van der Waals surface area contributed by atoms with Crippen LogP contribution in [-0.4, -0.2) is 13.0 Å². The Balaban J connectivity index is 1.85. The maximum absolute atomic E-state index is 12.2. The number of methoxy groups -OCH3 is 1. The van der Waals surface area contributed by atoms with Crippen LogP contribution in [0.15, 0.2) is 63.6 Å². The molecule has 1 aliphatic rings. The van der Waals surface area contributed by atoms with E-state index >= 15 is 0 Å². The topological polar surface area (TPSA) is 62.1 Å². The van der Waals surface area contributed by atoms with E-state index in [1.165, 1.54) is 11.8 Å². The maximum Gasteiger partial charge on any atom is 0.225 e. The summed E-state index contributed by atoms with van der Waals surface area (Å²) in [5.74, 6) is 1.14. The van der Waals surface area contributed by atoms with Crippen LogP contribution < -0.4 is 10.1 Å². The lowest BCUT2D eigenvalue weighted by atomic mass is 9.87. The van der Waals surface area contributed by atoms with Crippen LogP contribution in [0.25, 0.3) is 0 Å². The van der Waals surface area contributed by atoms with E-state index in [0.717, 1.165) is 21.3 Å². The molecular formula is C20H17BrN2O2S. The summed E-state index contributed by atoms with van der Waals surface area (Å²) in [4.78, 5) is 12.2. The molecule has 1 aliphatic heterocycles. The average Bonchev–Trinajstić information content (AvgIpc) is 2.67. The predicted molar refractivity (Wildman–Crippen MR) is 107 cm³/mol. The number of thioether (sulfide) groups is 1. The number of carbonyl (C=O) groups excluding carboxylic acids is 1. The van der Waals surface area contributed by atoms with Crippen molar-refractivity contribution >= 4 is 33.6 Å². The molecule has 0 spiro atoms. The zero-order valence-electron chi connectivity index (χ0n) is 14.2. The third-order valence-electron chi connectivity index (χ3n) is 4.17. The summed E-state index contributed by atoms with van der Waals surface area (Å²) in [7, 11) is 1.61. The molecule has 0 saturated carbocycles. The number of amides is 1. The third kappa shape index (κ3) is 4.29. The highest BCUT2D eigenvalue weighted by Crippen LogP contribution is 2.37. The molecule has 0 fully saturated rings. The molecule has 1 heterocycles. The normalized spacial score (nSPS) is 16.8. The second-order valence-corrected chi connectivity index (χ2v) is 7.75. The maximum atomic E-state index is 12.2. The van der Waals surface area contributed by atoms with Gasteiger partial charge in [0.15, 0.2) is 0 Å². The van der Waals surface area contributed by atoms with Gasteiger partial charge in [-0.3, -0.25) is 4.79 Å². The van der Waals surface area contributed by atoms with Crippen molar-refractivity contribution in [2.45, 2.75) is 18.1 Å². The van der Waals surface area contributed by atoms with Gasteiger partial charge in [0, 0.05) is 22.6 Å². The number of halogens is 1. The van der Waals surface area contributed by atoms with Crippen molar-refractivity contribution in [2.24, 2.45) is 0 Å². The minimum Gasteiger partial charge on any atom is -0.497 e. The predicted octanol–water partition coefficient (Wildman–Crippen LogP) is 4.73. The Morgan fingerprint density at radius 1 is 1.23 bits per heavy atom. The van der Waals surface area contributed by atoms with Gasteiger partial charge in [-0.05, 0) is 35.4 Å². The summed E-state index contributed by atoms with van der Waals surface area (Å²) in [5.41, 5.74) is 2.68. The number of hydrogen-bond acceptors (Lipinski definition) is 4. The first-order valence-electron chi connectivity index (χ1n) is 8.06. The Morgan fingerprint density at radius 3 is 2.54 bits per heavy atom. The van der Waals surface area contributed by atoms with Crippen LogP contribution in [0.5, 0.6) is 5.75 Å². The van der Waals surface area contributed by atoms with Gasteiger partial charge >= 0.3 is 0 Å². The molecule has 132 valence electrons. The third-order valence-corrected chi connectivity index (χ3v) is 5.79. The van der Waals surface area contributed by atoms with E-state index in [1.807, 2.05) is 48.5 Å². The molecule has 0 unspecified atom stereocenters. The molecule has 2 aromatic carbocycles. The Labute approximate surface area is 165 Å². The summed E-state index contributed by atoms with van der Waals surface area (Å²) in [5, 5.41) is 13.2. The lowest BCUT2D eigenvalue weighted by molar-refractivity contribution is -0.120. The van der Waals surface area contributed by atoms with Crippen molar-refractivity contribution in [1.29, 1.82) is 5.26 Å². The van der Waals surface area contributed by atoms with Crippen LogP contribution in [0.1, 0.15) is 23.5 Å². The molecule has 1 atom stereocenters. The number of nitriles is 1. The van der Waals surface area contributed by atoms with Crippen LogP contribution in [0, 0.1) is 11.3 Å². The quantitative estimate of drug-likeness (QED) is 0.747. The van der Waals surface area contributed by atoms with E-state index in [4.69, 9.17) is 4.74 Å². The van der Waals surface area contributed by atoms with Crippen molar-refractivity contribution < 1.29 is 9.53 Å². The van der Waals surface area contributed by atoms with E-state index in [2.05, 4.69) is 27.3 Å². The zero-order valence-corrected chi connectivity index (χ0v) is 16.6. The lowest BCUT2D eigenvalue weighted by Crippen LogP contribution is -2.30. The number of nitrogens with zero attached hydrogens (tertiary/aromatic N) is 1. The van der Waals surface area contributed by atoms with Gasteiger partial charge < -0.3 is 10.1 Å². The summed E-state index contributed by atoms with van der Waals surface area (Å²) in [6, 6.07) is 17.8. The van der Waals surface area contributed by atoms with Gasteiger partial charge in [0.05, 0.1) is 23.8 Å². The number of rotatable bonds is 5. The van der Waals surface area contributed by atoms with Crippen molar-refractivity contribution in [3.05, 3.63) is 74.7 Å². The summed E-state index contributed by atoms with van der Waals surface area (Å²) in [6.45, 7) is 0. The van der Waals surface area contributed by atoms with Gasteiger partial charge in [-0.15, -0.1) is 11.8 Å². The zero-order chi connectivity index (χ0) is 18.5. The molecule has 1 N–H and O–H groups in total. The van der Waals surface area contributed by atoms with Crippen molar-refractivity contribution in [3.8, 4) is 11.8 Å². The van der Waals surface area contributed by atoms with Gasteiger partial charge in [-0.1, -0.05) is 40.2 Å². The van der Waals surface area contributed by atoms with Crippen molar-refractivity contribution in [2.75, 3.05) is 7.11 Å². The van der Waals surface area contributed by atoms with E-state index in [-0.39, 0.29) is 18.2 Å².